The number of carbonyl (C=O) groups is 2. The normalized spacial score (nSPS) is 22.3. The molecule has 0 aliphatic heterocycles. The van der Waals surface area contributed by atoms with Crippen LogP contribution in [0, 0.1) is 5.92 Å². The molecule has 6 heteroatoms. The number of amides is 1. The minimum absolute atomic E-state index is 0.146. The number of ether oxygens (including phenoxy) is 1. The summed E-state index contributed by atoms with van der Waals surface area (Å²) in [6, 6.07) is 4.68. The third-order valence-corrected chi connectivity index (χ3v) is 4.81. The minimum atomic E-state index is -0.883. The van der Waals surface area contributed by atoms with E-state index in [9.17, 15) is 9.59 Å². The molecule has 3 atom stereocenters. The quantitative estimate of drug-likeness (QED) is 0.820. The largest absolute Gasteiger partial charge is 0.449 e. The molecule has 23 heavy (non-hydrogen) atoms. The first-order valence-electron chi connectivity index (χ1n) is 7.85. The SMILES string of the molecule is C[C@@H](OC(=O)c1cc(Cl)ccc1Cl)C(=O)N[C@H]1CCCC[C@@H]1C. The molecule has 0 radical (unpaired) electrons. The van der Waals surface area contributed by atoms with Crippen LogP contribution in [0.4, 0.5) is 0 Å². The van der Waals surface area contributed by atoms with Gasteiger partial charge in [-0.15, -0.1) is 0 Å². The third-order valence-electron chi connectivity index (χ3n) is 4.24. The molecule has 0 aromatic heterocycles. The number of hydrogen-bond donors (Lipinski definition) is 1. The topological polar surface area (TPSA) is 55.4 Å². The first-order chi connectivity index (χ1) is 10.9. The van der Waals surface area contributed by atoms with Gasteiger partial charge in [0.15, 0.2) is 6.10 Å². The van der Waals surface area contributed by atoms with Gasteiger partial charge in [-0.05, 0) is 43.9 Å². The zero-order chi connectivity index (χ0) is 17.0. The highest BCUT2D eigenvalue weighted by Crippen LogP contribution is 2.24. The van der Waals surface area contributed by atoms with Crippen molar-refractivity contribution in [3.05, 3.63) is 33.8 Å². The molecule has 0 unspecified atom stereocenters. The summed E-state index contributed by atoms with van der Waals surface area (Å²) >= 11 is 11.8. The minimum Gasteiger partial charge on any atom is -0.449 e. The van der Waals surface area contributed by atoms with E-state index in [4.69, 9.17) is 27.9 Å². The Hall–Kier alpha value is -1.26. The van der Waals surface area contributed by atoms with Gasteiger partial charge in [0.25, 0.3) is 5.91 Å². The Bertz CT molecular complexity index is 591. The monoisotopic (exact) mass is 357 g/mol. The molecule has 1 amide bonds. The van der Waals surface area contributed by atoms with Crippen LogP contribution in [-0.2, 0) is 9.53 Å². The Morgan fingerprint density at radius 3 is 2.65 bits per heavy atom. The molecular weight excluding hydrogens is 337 g/mol. The number of carbonyl (C=O) groups excluding carboxylic acids is 2. The first kappa shape index (κ1) is 18.1. The average molecular weight is 358 g/mol. The average Bonchev–Trinajstić information content (AvgIpc) is 2.51. The molecule has 1 saturated carbocycles. The zero-order valence-corrected chi connectivity index (χ0v) is 14.8. The number of hydrogen-bond acceptors (Lipinski definition) is 3. The molecule has 1 aromatic rings. The van der Waals surface area contributed by atoms with Crippen LogP contribution in [0.2, 0.25) is 10.0 Å². The lowest BCUT2D eigenvalue weighted by Crippen LogP contribution is -2.46. The summed E-state index contributed by atoms with van der Waals surface area (Å²) in [7, 11) is 0. The van der Waals surface area contributed by atoms with Gasteiger partial charge in [0.1, 0.15) is 0 Å². The number of rotatable bonds is 4. The van der Waals surface area contributed by atoms with Gasteiger partial charge in [0.2, 0.25) is 0 Å². The molecule has 1 aliphatic rings. The number of halogens is 2. The molecule has 2 rings (SSSR count). The fourth-order valence-electron chi connectivity index (χ4n) is 2.76. The van der Waals surface area contributed by atoms with Gasteiger partial charge in [-0.25, -0.2) is 4.79 Å². The molecule has 0 saturated heterocycles. The van der Waals surface area contributed by atoms with E-state index in [1.165, 1.54) is 18.6 Å². The Morgan fingerprint density at radius 2 is 1.96 bits per heavy atom. The van der Waals surface area contributed by atoms with Crippen molar-refractivity contribution < 1.29 is 14.3 Å². The van der Waals surface area contributed by atoms with Gasteiger partial charge in [-0.3, -0.25) is 4.79 Å². The van der Waals surface area contributed by atoms with E-state index in [1.807, 2.05) is 0 Å². The molecule has 0 heterocycles. The molecule has 1 N–H and O–H groups in total. The summed E-state index contributed by atoms with van der Waals surface area (Å²) in [5.41, 5.74) is 0.157. The Morgan fingerprint density at radius 1 is 1.26 bits per heavy atom. The predicted octanol–water partition coefficient (Wildman–Crippen LogP) is 4.23. The molecule has 126 valence electrons. The molecule has 1 fully saturated rings. The van der Waals surface area contributed by atoms with E-state index in [2.05, 4.69) is 12.2 Å². The summed E-state index contributed by atoms with van der Waals surface area (Å²) < 4.78 is 5.22. The summed E-state index contributed by atoms with van der Waals surface area (Å²) in [6.45, 7) is 3.69. The Kier molecular flexibility index (Phi) is 6.31. The van der Waals surface area contributed by atoms with Crippen molar-refractivity contribution in [1.29, 1.82) is 0 Å². The molecule has 4 nitrogen and oxygen atoms in total. The lowest BCUT2D eigenvalue weighted by atomic mass is 9.86. The van der Waals surface area contributed by atoms with Crippen LogP contribution in [0.5, 0.6) is 0 Å². The van der Waals surface area contributed by atoms with Gasteiger partial charge in [-0.2, -0.15) is 0 Å². The zero-order valence-electron chi connectivity index (χ0n) is 13.3. The lowest BCUT2D eigenvalue weighted by Gasteiger charge is -2.30. The van der Waals surface area contributed by atoms with Crippen molar-refractivity contribution in [3.63, 3.8) is 0 Å². The van der Waals surface area contributed by atoms with Crippen molar-refractivity contribution >= 4 is 35.1 Å². The number of nitrogens with one attached hydrogen (secondary N) is 1. The Balaban J connectivity index is 1.94. The second kappa shape index (κ2) is 8.02. The lowest BCUT2D eigenvalue weighted by molar-refractivity contribution is -0.130. The maximum atomic E-state index is 12.2. The van der Waals surface area contributed by atoms with Crippen molar-refractivity contribution in [3.8, 4) is 0 Å². The van der Waals surface area contributed by atoms with Gasteiger partial charge in [0, 0.05) is 11.1 Å². The van der Waals surface area contributed by atoms with E-state index >= 15 is 0 Å². The van der Waals surface area contributed by atoms with Crippen LogP contribution in [0.1, 0.15) is 49.9 Å². The summed E-state index contributed by atoms with van der Waals surface area (Å²) in [5.74, 6) is -0.495. The Labute approximate surface area is 146 Å². The van der Waals surface area contributed by atoms with Crippen LogP contribution in [0.3, 0.4) is 0 Å². The number of esters is 1. The van der Waals surface area contributed by atoms with Crippen LogP contribution in [0.15, 0.2) is 18.2 Å². The summed E-state index contributed by atoms with van der Waals surface area (Å²) in [5, 5.41) is 3.60. The van der Waals surface area contributed by atoms with Crippen LogP contribution < -0.4 is 5.32 Å². The fraction of sp³-hybridized carbons (Fsp3) is 0.529. The highest BCUT2D eigenvalue weighted by atomic mass is 35.5. The second-order valence-corrected chi connectivity index (χ2v) is 6.89. The van der Waals surface area contributed by atoms with Gasteiger partial charge in [0.05, 0.1) is 10.6 Å². The fourth-order valence-corrected chi connectivity index (χ4v) is 3.13. The number of benzene rings is 1. The highest BCUT2D eigenvalue weighted by Gasteiger charge is 2.27. The van der Waals surface area contributed by atoms with Crippen LogP contribution in [-0.4, -0.2) is 24.0 Å². The molecule has 1 aliphatic carbocycles. The molecule has 0 spiro atoms. The van der Waals surface area contributed by atoms with Crippen LogP contribution in [0.25, 0.3) is 0 Å². The van der Waals surface area contributed by atoms with Crippen LogP contribution >= 0.6 is 23.2 Å². The van der Waals surface area contributed by atoms with E-state index in [-0.39, 0.29) is 22.5 Å². The summed E-state index contributed by atoms with van der Waals surface area (Å²) in [6.07, 6.45) is 3.50. The van der Waals surface area contributed by atoms with Crippen molar-refractivity contribution in [2.75, 3.05) is 0 Å². The predicted molar refractivity (Wildman–Crippen MR) is 90.9 cm³/mol. The van der Waals surface area contributed by atoms with Gasteiger partial charge in [-0.1, -0.05) is 43.0 Å². The second-order valence-electron chi connectivity index (χ2n) is 6.05. The van der Waals surface area contributed by atoms with Crippen molar-refractivity contribution in [2.45, 2.75) is 51.7 Å². The molecular formula is C17H21Cl2NO3. The molecule has 1 aromatic carbocycles. The standard InChI is InChI=1S/C17H21Cl2NO3/c1-10-5-3-4-6-15(10)20-16(21)11(2)23-17(22)13-9-12(18)7-8-14(13)19/h7-11,15H,3-6H2,1-2H3,(H,20,21)/t10-,11+,15-/m0/s1. The van der Waals surface area contributed by atoms with E-state index in [1.54, 1.807) is 13.0 Å². The highest BCUT2D eigenvalue weighted by molar-refractivity contribution is 6.35. The van der Waals surface area contributed by atoms with E-state index in [0.29, 0.717) is 10.9 Å². The molecule has 0 bridgehead atoms. The van der Waals surface area contributed by atoms with Gasteiger partial charge >= 0.3 is 5.97 Å². The smallest absolute Gasteiger partial charge is 0.340 e. The van der Waals surface area contributed by atoms with Crippen molar-refractivity contribution in [2.24, 2.45) is 5.92 Å². The maximum absolute atomic E-state index is 12.2. The summed E-state index contributed by atoms with van der Waals surface area (Å²) in [4.78, 5) is 24.4. The first-order valence-corrected chi connectivity index (χ1v) is 8.60. The van der Waals surface area contributed by atoms with E-state index in [0.717, 1.165) is 19.3 Å². The van der Waals surface area contributed by atoms with E-state index < -0.39 is 12.1 Å². The third kappa shape index (κ3) is 4.85. The van der Waals surface area contributed by atoms with Crippen molar-refractivity contribution in [1.82, 2.24) is 5.32 Å². The maximum Gasteiger partial charge on any atom is 0.340 e. The van der Waals surface area contributed by atoms with Gasteiger partial charge < -0.3 is 10.1 Å².